The predicted molar refractivity (Wildman–Crippen MR) is 143 cm³/mol. The standard InChI is InChI=1S/C24H25ClF3N9O3/c25-14-3-1-13(2-4-14)23(9-10-23)37-21-34-20(35-22(36-21)40-12-24(26,27)28)33-16-7-5-15(6-8-16)32-17(18(38)39)11-31-19(29)30/h1-8,17,32H,9-12H2,(H,38,39)(H4,29,30,31)(H2,33,34,35,36,37)/t17-/m0/s1. The van der Waals surface area contributed by atoms with Gasteiger partial charge >= 0.3 is 18.2 Å². The van der Waals surface area contributed by atoms with Gasteiger partial charge in [0.25, 0.3) is 0 Å². The zero-order valence-corrected chi connectivity index (χ0v) is 21.5. The number of rotatable bonds is 12. The Balaban J connectivity index is 1.52. The van der Waals surface area contributed by atoms with E-state index < -0.39 is 36.3 Å². The van der Waals surface area contributed by atoms with Crippen LogP contribution in [0.15, 0.2) is 53.5 Å². The summed E-state index contributed by atoms with van der Waals surface area (Å²) in [7, 11) is 0. The maximum atomic E-state index is 12.8. The van der Waals surface area contributed by atoms with Crippen molar-refractivity contribution in [2.45, 2.75) is 30.6 Å². The van der Waals surface area contributed by atoms with E-state index in [9.17, 15) is 23.1 Å². The number of carbonyl (C=O) groups is 1. The maximum Gasteiger partial charge on any atom is 0.422 e. The Hall–Kier alpha value is -4.53. The normalized spacial score (nSPS) is 14.5. The molecule has 1 aromatic heterocycles. The fourth-order valence-corrected chi connectivity index (χ4v) is 3.76. The number of ether oxygens (including phenoxy) is 1. The summed E-state index contributed by atoms with van der Waals surface area (Å²) in [5.41, 5.74) is 11.9. The molecular weight excluding hydrogens is 555 g/mol. The van der Waals surface area contributed by atoms with Gasteiger partial charge in [0.15, 0.2) is 12.6 Å². The average Bonchev–Trinajstić information content (AvgIpc) is 3.66. The van der Waals surface area contributed by atoms with E-state index in [2.05, 4.69) is 35.9 Å². The Bertz CT molecular complexity index is 1360. The Kier molecular flexibility index (Phi) is 8.32. The van der Waals surface area contributed by atoms with Gasteiger partial charge in [0, 0.05) is 16.4 Å². The molecule has 12 nitrogen and oxygen atoms in total. The Morgan fingerprint density at radius 1 is 1.05 bits per heavy atom. The molecule has 1 saturated carbocycles. The Labute approximate surface area is 231 Å². The molecule has 40 heavy (non-hydrogen) atoms. The highest BCUT2D eigenvalue weighted by atomic mass is 35.5. The molecule has 2 aromatic carbocycles. The van der Waals surface area contributed by atoms with Crippen LogP contribution in [0.1, 0.15) is 18.4 Å². The number of guanidine groups is 1. The monoisotopic (exact) mass is 579 g/mol. The summed E-state index contributed by atoms with van der Waals surface area (Å²) in [6.07, 6.45) is -3.10. The van der Waals surface area contributed by atoms with Gasteiger partial charge in [-0.05, 0) is 54.8 Å². The molecule has 0 spiro atoms. The van der Waals surface area contributed by atoms with Crippen molar-refractivity contribution in [2.75, 3.05) is 29.1 Å². The first-order valence-electron chi connectivity index (χ1n) is 11.8. The summed E-state index contributed by atoms with van der Waals surface area (Å²) in [6.45, 7) is -1.76. The number of carboxylic acids is 1. The zero-order valence-electron chi connectivity index (χ0n) is 20.7. The van der Waals surface area contributed by atoms with E-state index in [0.29, 0.717) is 16.4 Å². The van der Waals surface area contributed by atoms with Crippen molar-refractivity contribution >= 4 is 46.8 Å². The number of aliphatic imine (C=N–C) groups is 1. The molecule has 0 bridgehead atoms. The number of carboxylic acid groups (broad SMARTS) is 1. The molecule has 0 radical (unpaired) electrons. The van der Waals surface area contributed by atoms with Crippen LogP contribution in [0.2, 0.25) is 5.02 Å². The number of nitrogens with two attached hydrogens (primary N) is 2. The molecule has 4 rings (SSSR count). The quantitative estimate of drug-likeness (QED) is 0.136. The molecule has 16 heteroatoms. The van der Waals surface area contributed by atoms with Gasteiger partial charge in [0.2, 0.25) is 11.9 Å². The van der Waals surface area contributed by atoms with E-state index in [1.807, 2.05) is 12.1 Å². The number of alkyl halides is 3. The molecule has 3 aromatic rings. The maximum absolute atomic E-state index is 12.8. The first-order chi connectivity index (χ1) is 18.9. The van der Waals surface area contributed by atoms with E-state index in [4.69, 9.17) is 27.8 Å². The van der Waals surface area contributed by atoms with Crippen molar-refractivity contribution in [2.24, 2.45) is 16.5 Å². The van der Waals surface area contributed by atoms with Crippen molar-refractivity contribution < 1.29 is 27.8 Å². The third kappa shape index (κ3) is 7.99. The second kappa shape index (κ2) is 11.7. The van der Waals surface area contributed by atoms with E-state index in [-0.39, 0.29) is 24.4 Å². The Morgan fingerprint density at radius 2 is 1.68 bits per heavy atom. The van der Waals surface area contributed by atoms with Gasteiger partial charge in [0.05, 0.1) is 12.1 Å². The lowest BCUT2D eigenvalue weighted by Crippen LogP contribution is -2.34. The number of halogens is 4. The average molecular weight is 580 g/mol. The minimum absolute atomic E-state index is 0.0180. The minimum atomic E-state index is -4.59. The highest BCUT2D eigenvalue weighted by Gasteiger charge is 2.45. The molecule has 1 aliphatic rings. The number of hydrogen-bond acceptors (Lipinski definition) is 9. The van der Waals surface area contributed by atoms with Gasteiger partial charge in [-0.2, -0.15) is 28.1 Å². The smallest absolute Gasteiger partial charge is 0.422 e. The highest BCUT2D eigenvalue weighted by Crippen LogP contribution is 2.48. The largest absolute Gasteiger partial charge is 0.480 e. The SMILES string of the molecule is NC(N)=NC[C@H](Nc1ccc(Nc2nc(NC3(c4ccc(Cl)cc4)CC3)nc(OCC(F)(F)F)n2)cc1)C(=O)O. The summed E-state index contributed by atoms with van der Waals surface area (Å²) >= 11 is 5.99. The lowest BCUT2D eigenvalue weighted by Gasteiger charge is -2.19. The molecule has 0 saturated heterocycles. The zero-order chi connectivity index (χ0) is 28.9. The molecule has 0 aliphatic heterocycles. The van der Waals surface area contributed by atoms with Crippen LogP contribution in [0.25, 0.3) is 0 Å². The molecule has 1 heterocycles. The molecule has 1 fully saturated rings. The lowest BCUT2D eigenvalue weighted by atomic mass is 10.1. The fraction of sp³-hybridized carbons (Fsp3) is 0.292. The summed E-state index contributed by atoms with van der Waals surface area (Å²) in [6, 6.07) is 11.9. The molecule has 1 aliphatic carbocycles. The van der Waals surface area contributed by atoms with Gasteiger partial charge in [-0.25, -0.2) is 4.79 Å². The van der Waals surface area contributed by atoms with Gasteiger partial charge in [-0.15, -0.1) is 0 Å². The van der Waals surface area contributed by atoms with Gasteiger partial charge in [-0.1, -0.05) is 23.7 Å². The van der Waals surface area contributed by atoms with Crippen LogP contribution in [-0.2, 0) is 10.3 Å². The van der Waals surface area contributed by atoms with Crippen LogP contribution in [0.5, 0.6) is 6.01 Å². The summed E-state index contributed by atoms with van der Waals surface area (Å²) in [5, 5.41) is 18.8. The van der Waals surface area contributed by atoms with Crippen LogP contribution < -0.4 is 32.2 Å². The van der Waals surface area contributed by atoms with E-state index in [1.165, 1.54) is 0 Å². The van der Waals surface area contributed by atoms with Gasteiger partial charge in [-0.3, -0.25) is 4.99 Å². The van der Waals surface area contributed by atoms with Crippen molar-refractivity contribution in [1.29, 1.82) is 0 Å². The summed E-state index contributed by atoms with van der Waals surface area (Å²) in [4.78, 5) is 27.5. The first kappa shape index (κ1) is 28.5. The van der Waals surface area contributed by atoms with Crippen molar-refractivity contribution in [3.63, 3.8) is 0 Å². The number of anilines is 4. The number of nitrogens with zero attached hydrogens (tertiary/aromatic N) is 4. The minimum Gasteiger partial charge on any atom is -0.480 e. The number of aliphatic carboxylic acids is 1. The van der Waals surface area contributed by atoms with Crippen LogP contribution >= 0.6 is 11.6 Å². The van der Waals surface area contributed by atoms with E-state index >= 15 is 0 Å². The Morgan fingerprint density at radius 3 is 2.25 bits per heavy atom. The molecule has 0 unspecified atom stereocenters. The van der Waals surface area contributed by atoms with Crippen molar-refractivity contribution in [3.05, 3.63) is 59.1 Å². The molecule has 212 valence electrons. The topological polar surface area (TPSA) is 186 Å². The number of hydrogen-bond donors (Lipinski definition) is 6. The van der Waals surface area contributed by atoms with E-state index in [0.717, 1.165) is 18.4 Å². The van der Waals surface area contributed by atoms with Crippen LogP contribution in [0.3, 0.4) is 0 Å². The number of aromatic nitrogens is 3. The first-order valence-corrected chi connectivity index (χ1v) is 12.2. The number of benzene rings is 2. The molecule has 0 amide bonds. The lowest BCUT2D eigenvalue weighted by molar-refractivity contribution is -0.154. The number of nitrogens with one attached hydrogen (secondary N) is 3. The highest BCUT2D eigenvalue weighted by molar-refractivity contribution is 6.30. The summed E-state index contributed by atoms with van der Waals surface area (Å²) < 4.78 is 43.2. The third-order valence-electron chi connectivity index (χ3n) is 5.71. The molecule has 1 atom stereocenters. The second-order valence-corrected chi connectivity index (χ2v) is 9.32. The van der Waals surface area contributed by atoms with Gasteiger partial charge < -0.3 is 37.3 Å². The van der Waals surface area contributed by atoms with Crippen molar-refractivity contribution in [1.82, 2.24) is 15.0 Å². The van der Waals surface area contributed by atoms with Crippen LogP contribution in [0, 0.1) is 0 Å². The van der Waals surface area contributed by atoms with Gasteiger partial charge in [0.1, 0.15) is 6.04 Å². The molecular formula is C24H25ClF3N9O3. The second-order valence-electron chi connectivity index (χ2n) is 8.89. The van der Waals surface area contributed by atoms with Crippen molar-refractivity contribution in [3.8, 4) is 6.01 Å². The predicted octanol–water partition coefficient (Wildman–Crippen LogP) is 3.45. The summed E-state index contributed by atoms with van der Waals surface area (Å²) in [5.74, 6) is -1.45. The molecule has 8 N–H and O–H groups in total. The fourth-order valence-electron chi connectivity index (χ4n) is 3.64. The third-order valence-corrected chi connectivity index (χ3v) is 5.97. The van der Waals surface area contributed by atoms with E-state index in [1.54, 1.807) is 36.4 Å². The van der Waals surface area contributed by atoms with Crippen LogP contribution in [-0.4, -0.2) is 57.4 Å². The van der Waals surface area contributed by atoms with Crippen LogP contribution in [0.4, 0.5) is 36.4 Å².